The van der Waals surface area contributed by atoms with Gasteiger partial charge in [-0.15, -0.1) is 11.8 Å². The number of nitriles is 1. The minimum atomic E-state index is -0.990. The normalized spacial score (nSPS) is 10.9. The molecule has 16 heavy (non-hydrogen) atoms. The largest absolute Gasteiger partial charge is 0.480 e. The summed E-state index contributed by atoms with van der Waals surface area (Å²) in [7, 11) is 0. The molecule has 0 unspecified atom stereocenters. The van der Waals surface area contributed by atoms with Crippen LogP contribution in [0.5, 0.6) is 0 Å². The quantitative estimate of drug-likeness (QED) is 0.843. The number of hydrogen-bond donors (Lipinski definition) is 1. The molecule has 0 spiro atoms. The molecule has 0 aliphatic carbocycles. The molecule has 0 aromatic heterocycles. The predicted octanol–water partition coefficient (Wildman–Crippen LogP) is 3.17. The topological polar surface area (TPSA) is 61.1 Å². The maximum atomic E-state index is 11.0. The summed E-state index contributed by atoms with van der Waals surface area (Å²) in [6.45, 7) is 3.17. The number of hydrogen-bond acceptors (Lipinski definition) is 3. The second-order valence-corrected chi connectivity index (χ2v) is 5.71. The number of rotatable bonds is 3. The summed E-state index contributed by atoms with van der Waals surface area (Å²) in [4.78, 5) is 11.6. The number of carboxylic acids is 1. The summed E-state index contributed by atoms with van der Waals surface area (Å²) in [5.74, 6) is -0.929. The van der Waals surface area contributed by atoms with E-state index >= 15 is 0 Å². The van der Waals surface area contributed by atoms with E-state index in [-0.39, 0.29) is 0 Å². The number of benzene rings is 1. The zero-order valence-corrected chi connectivity index (χ0v) is 10.4. The summed E-state index contributed by atoms with van der Waals surface area (Å²) >= 11 is 6.97. The van der Waals surface area contributed by atoms with Gasteiger partial charge in [0.15, 0.2) is 0 Å². The van der Waals surface area contributed by atoms with Gasteiger partial charge < -0.3 is 5.11 Å². The average molecular weight is 256 g/mol. The van der Waals surface area contributed by atoms with Crippen molar-refractivity contribution in [1.29, 1.82) is 5.26 Å². The first kappa shape index (κ1) is 12.9. The zero-order chi connectivity index (χ0) is 12.3. The van der Waals surface area contributed by atoms with Gasteiger partial charge in [0.1, 0.15) is 10.8 Å². The number of halogens is 1. The average Bonchev–Trinajstić information content (AvgIpc) is 2.17. The Bertz CT molecular complexity index is 466. The summed E-state index contributed by atoms with van der Waals surface area (Å²) in [6.07, 6.45) is 0. The molecule has 0 radical (unpaired) electrons. The molecule has 1 N–H and O–H groups in total. The molecule has 0 aliphatic heterocycles. The van der Waals surface area contributed by atoms with Gasteiger partial charge in [0.25, 0.3) is 0 Å². The van der Waals surface area contributed by atoms with E-state index in [1.54, 1.807) is 32.0 Å². The molecular weight excluding hydrogens is 246 g/mol. The highest BCUT2D eigenvalue weighted by Crippen LogP contribution is 2.36. The highest BCUT2D eigenvalue weighted by atomic mass is 35.5. The van der Waals surface area contributed by atoms with Crippen molar-refractivity contribution in [3.05, 3.63) is 28.8 Å². The first-order valence-corrected chi connectivity index (χ1v) is 5.69. The van der Waals surface area contributed by atoms with Gasteiger partial charge in [0, 0.05) is 4.90 Å². The monoisotopic (exact) mass is 255 g/mol. The SMILES string of the molecule is CC(C)(Sc1cccc(Cl)c1C#N)C(=O)O. The van der Waals surface area contributed by atoms with E-state index in [1.165, 1.54) is 0 Å². The third kappa shape index (κ3) is 2.69. The van der Waals surface area contributed by atoms with Gasteiger partial charge in [-0.3, -0.25) is 4.79 Å². The maximum absolute atomic E-state index is 11.0. The smallest absolute Gasteiger partial charge is 0.319 e. The third-order valence-electron chi connectivity index (χ3n) is 1.97. The van der Waals surface area contributed by atoms with Gasteiger partial charge in [-0.1, -0.05) is 17.7 Å². The van der Waals surface area contributed by atoms with Gasteiger partial charge in [0.05, 0.1) is 10.6 Å². The van der Waals surface area contributed by atoms with Crippen molar-refractivity contribution >= 4 is 29.3 Å². The number of carbonyl (C=O) groups is 1. The summed E-state index contributed by atoms with van der Waals surface area (Å²) in [6, 6.07) is 6.98. The molecule has 0 aliphatic rings. The molecule has 84 valence electrons. The van der Waals surface area contributed by atoms with Crippen LogP contribution in [-0.2, 0) is 4.79 Å². The van der Waals surface area contributed by atoms with Crippen molar-refractivity contribution in [2.45, 2.75) is 23.5 Å². The van der Waals surface area contributed by atoms with Gasteiger partial charge in [0.2, 0.25) is 0 Å². The van der Waals surface area contributed by atoms with Crippen LogP contribution in [-0.4, -0.2) is 15.8 Å². The second kappa shape index (κ2) is 4.77. The molecule has 1 aromatic rings. The molecule has 0 saturated heterocycles. The first-order chi connectivity index (χ1) is 7.38. The Morgan fingerprint density at radius 2 is 2.19 bits per heavy atom. The number of aliphatic carboxylic acids is 1. The molecule has 0 bridgehead atoms. The van der Waals surface area contributed by atoms with E-state index in [1.807, 2.05) is 6.07 Å². The van der Waals surface area contributed by atoms with Crippen LogP contribution in [0.25, 0.3) is 0 Å². The zero-order valence-electron chi connectivity index (χ0n) is 8.82. The molecule has 1 aromatic carbocycles. The highest BCUT2D eigenvalue weighted by molar-refractivity contribution is 8.01. The molecule has 3 nitrogen and oxygen atoms in total. The Hall–Kier alpha value is -1.18. The second-order valence-electron chi connectivity index (χ2n) is 3.64. The summed E-state index contributed by atoms with van der Waals surface area (Å²) < 4.78 is -0.990. The van der Waals surface area contributed by atoms with Crippen LogP contribution < -0.4 is 0 Å². The Morgan fingerprint density at radius 1 is 1.56 bits per heavy atom. The number of carboxylic acid groups (broad SMARTS) is 1. The summed E-state index contributed by atoms with van der Waals surface area (Å²) in [5, 5.41) is 18.3. The molecule has 0 amide bonds. The van der Waals surface area contributed by atoms with Crippen molar-refractivity contribution < 1.29 is 9.90 Å². The third-order valence-corrected chi connectivity index (χ3v) is 3.53. The van der Waals surface area contributed by atoms with E-state index in [9.17, 15) is 4.79 Å². The van der Waals surface area contributed by atoms with Crippen LogP contribution in [0.1, 0.15) is 19.4 Å². The van der Waals surface area contributed by atoms with Crippen molar-refractivity contribution in [2.75, 3.05) is 0 Å². The molecule has 1 rings (SSSR count). The maximum Gasteiger partial charge on any atom is 0.319 e. The lowest BCUT2D eigenvalue weighted by Crippen LogP contribution is -2.27. The van der Waals surface area contributed by atoms with Crippen molar-refractivity contribution in [3.8, 4) is 6.07 Å². The van der Waals surface area contributed by atoms with Crippen LogP contribution in [0.3, 0.4) is 0 Å². The van der Waals surface area contributed by atoms with E-state index < -0.39 is 10.7 Å². The van der Waals surface area contributed by atoms with Gasteiger partial charge in [-0.05, 0) is 26.0 Å². The Balaban J connectivity index is 3.13. The van der Waals surface area contributed by atoms with Crippen LogP contribution in [0.4, 0.5) is 0 Å². The van der Waals surface area contributed by atoms with Gasteiger partial charge in [-0.25, -0.2) is 0 Å². The minimum Gasteiger partial charge on any atom is -0.480 e. The van der Waals surface area contributed by atoms with E-state index in [2.05, 4.69) is 0 Å². The van der Waals surface area contributed by atoms with Gasteiger partial charge in [-0.2, -0.15) is 5.26 Å². The molecule has 5 heteroatoms. The van der Waals surface area contributed by atoms with Crippen LogP contribution >= 0.6 is 23.4 Å². The van der Waals surface area contributed by atoms with E-state index in [0.29, 0.717) is 15.5 Å². The fourth-order valence-corrected chi connectivity index (χ4v) is 2.33. The fourth-order valence-electron chi connectivity index (χ4n) is 1.02. The Labute approximate surface area is 103 Å². The van der Waals surface area contributed by atoms with Crippen LogP contribution in [0.2, 0.25) is 5.02 Å². The molecule has 0 fully saturated rings. The number of nitrogens with zero attached hydrogens (tertiary/aromatic N) is 1. The summed E-state index contributed by atoms with van der Waals surface area (Å²) in [5.41, 5.74) is 0.323. The van der Waals surface area contributed by atoms with Crippen LogP contribution in [0, 0.1) is 11.3 Å². The van der Waals surface area contributed by atoms with E-state index in [4.69, 9.17) is 22.0 Å². The number of thioether (sulfide) groups is 1. The van der Waals surface area contributed by atoms with Crippen molar-refractivity contribution in [2.24, 2.45) is 0 Å². The molecule has 0 heterocycles. The Kier molecular flexibility index (Phi) is 3.84. The lowest BCUT2D eigenvalue weighted by Gasteiger charge is -2.19. The molecule has 0 atom stereocenters. The molecular formula is C11H10ClNO2S. The predicted molar refractivity (Wildman–Crippen MR) is 63.7 cm³/mol. The lowest BCUT2D eigenvalue weighted by atomic mass is 10.2. The van der Waals surface area contributed by atoms with Crippen molar-refractivity contribution in [1.82, 2.24) is 0 Å². The van der Waals surface area contributed by atoms with Crippen molar-refractivity contribution in [3.63, 3.8) is 0 Å². The van der Waals surface area contributed by atoms with Crippen LogP contribution in [0.15, 0.2) is 23.1 Å². The lowest BCUT2D eigenvalue weighted by molar-refractivity contribution is -0.138. The minimum absolute atomic E-state index is 0.323. The van der Waals surface area contributed by atoms with Gasteiger partial charge >= 0.3 is 5.97 Å². The highest BCUT2D eigenvalue weighted by Gasteiger charge is 2.29. The first-order valence-electron chi connectivity index (χ1n) is 4.49. The Morgan fingerprint density at radius 3 is 2.69 bits per heavy atom. The fraction of sp³-hybridized carbons (Fsp3) is 0.273. The standard InChI is InChI=1S/C11H10ClNO2S/c1-11(2,10(14)15)16-9-5-3-4-8(12)7(9)6-13/h3-5H,1-2H3,(H,14,15). The van der Waals surface area contributed by atoms with E-state index in [0.717, 1.165) is 11.8 Å². The molecule has 0 saturated carbocycles.